The second kappa shape index (κ2) is 6.41. The van der Waals surface area contributed by atoms with Crippen LogP contribution in [-0.4, -0.2) is 16.6 Å². The van der Waals surface area contributed by atoms with Gasteiger partial charge in [0.15, 0.2) is 0 Å². The topological polar surface area (TPSA) is 37.8 Å². The number of nitrogens with one attached hydrogen (secondary N) is 1. The molecule has 1 aromatic heterocycles. The summed E-state index contributed by atoms with van der Waals surface area (Å²) in [5.41, 5.74) is 2.41. The number of hydrogen-bond acceptors (Lipinski definition) is 4. The lowest BCUT2D eigenvalue weighted by atomic mass is 10.0. The molecule has 18 heavy (non-hydrogen) atoms. The summed E-state index contributed by atoms with van der Waals surface area (Å²) < 4.78 is 5.18. The first kappa shape index (κ1) is 13.6. The molecule has 5 heteroatoms. The van der Waals surface area contributed by atoms with Crippen LogP contribution in [-0.2, 0) is 12.8 Å². The number of likely N-dealkylation sites (N-methyl/N-ethyl adjacent to an activating group) is 1. The molecule has 1 N–H and O–H groups in total. The standard InChI is InChI=1S/C13H16BrN3S/c1-3-11-13(18-17-16-11)12(15-2)8-9-5-4-6-10(14)7-9/h4-7,12,15H,3,8H2,1-2H3. The minimum atomic E-state index is 0.286. The van der Waals surface area contributed by atoms with E-state index in [4.69, 9.17) is 0 Å². The number of aryl methyl sites for hydroxylation is 1. The zero-order valence-electron chi connectivity index (χ0n) is 10.5. The van der Waals surface area contributed by atoms with Crippen molar-refractivity contribution in [3.05, 3.63) is 44.9 Å². The highest BCUT2D eigenvalue weighted by Gasteiger charge is 2.17. The van der Waals surface area contributed by atoms with Gasteiger partial charge in [-0.3, -0.25) is 0 Å². The zero-order chi connectivity index (χ0) is 13.0. The maximum absolute atomic E-state index is 4.18. The third kappa shape index (κ3) is 3.16. The number of halogens is 1. The van der Waals surface area contributed by atoms with E-state index in [1.165, 1.54) is 22.0 Å². The van der Waals surface area contributed by atoms with Crippen molar-refractivity contribution in [2.75, 3.05) is 7.05 Å². The van der Waals surface area contributed by atoms with E-state index in [-0.39, 0.29) is 6.04 Å². The van der Waals surface area contributed by atoms with Gasteiger partial charge < -0.3 is 5.32 Å². The van der Waals surface area contributed by atoms with Gasteiger partial charge in [-0.25, -0.2) is 0 Å². The molecule has 0 bridgehead atoms. The molecule has 0 spiro atoms. The smallest absolute Gasteiger partial charge is 0.0801 e. The lowest BCUT2D eigenvalue weighted by molar-refractivity contribution is 0.595. The Morgan fingerprint density at radius 3 is 2.94 bits per heavy atom. The molecule has 1 aromatic carbocycles. The van der Waals surface area contributed by atoms with Crippen LogP contribution in [0, 0.1) is 0 Å². The van der Waals surface area contributed by atoms with Gasteiger partial charge in [-0.15, -0.1) is 5.10 Å². The quantitative estimate of drug-likeness (QED) is 0.915. The predicted molar refractivity (Wildman–Crippen MR) is 78.9 cm³/mol. The molecule has 2 aromatic rings. The molecule has 0 saturated heterocycles. The summed E-state index contributed by atoms with van der Waals surface area (Å²) in [4.78, 5) is 1.25. The van der Waals surface area contributed by atoms with Crippen LogP contribution in [0.25, 0.3) is 0 Å². The van der Waals surface area contributed by atoms with Gasteiger partial charge in [0.2, 0.25) is 0 Å². The maximum Gasteiger partial charge on any atom is 0.0801 e. The third-order valence-corrected chi connectivity index (χ3v) is 4.29. The molecule has 0 radical (unpaired) electrons. The van der Waals surface area contributed by atoms with Gasteiger partial charge in [0.1, 0.15) is 0 Å². The molecule has 2 rings (SSSR count). The Kier molecular flexibility index (Phi) is 4.86. The fourth-order valence-electron chi connectivity index (χ4n) is 1.95. The minimum absolute atomic E-state index is 0.286. The molecule has 1 heterocycles. The van der Waals surface area contributed by atoms with Gasteiger partial charge in [0.25, 0.3) is 0 Å². The number of benzene rings is 1. The molecule has 96 valence electrons. The van der Waals surface area contributed by atoms with E-state index < -0.39 is 0 Å². The molecule has 1 atom stereocenters. The first-order valence-corrected chi connectivity index (χ1v) is 7.54. The van der Waals surface area contributed by atoms with Crippen LogP contribution in [0.5, 0.6) is 0 Å². The fraction of sp³-hybridized carbons (Fsp3) is 0.385. The van der Waals surface area contributed by atoms with Gasteiger partial charge >= 0.3 is 0 Å². The van der Waals surface area contributed by atoms with Crippen LogP contribution < -0.4 is 5.32 Å². The van der Waals surface area contributed by atoms with E-state index >= 15 is 0 Å². The lowest BCUT2D eigenvalue weighted by Gasteiger charge is -2.15. The average Bonchev–Trinajstić information content (AvgIpc) is 2.84. The third-order valence-electron chi connectivity index (χ3n) is 2.91. The Hall–Kier alpha value is -0.780. The van der Waals surface area contributed by atoms with Gasteiger partial charge in [-0.05, 0) is 49.1 Å². The molecule has 0 aliphatic carbocycles. The maximum atomic E-state index is 4.18. The zero-order valence-corrected chi connectivity index (χ0v) is 12.9. The highest BCUT2D eigenvalue weighted by atomic mass is 79.9. The molecular weight excluding hydrogens is 310 g/mol. The summed E-state index contributed by atoms with van der Waals surface area (Å²) >= 11 is 5.00. The highest BCUT2D eigenvalue weighted by Crippen LogP contribution is 2.25. The van der Waals surface area contributed by atoms with Crippen LogP contribution in [0.2, 0.25) is 0 Å². The summed E-state index contributed by atoms with van der Waals surface area (Å²) in [5, 5.41) is 7.54. The van der Waals surface area contributed by atoms with Gasteiger partial charge in [-0.2, -0.15) is 0 Å². The Bertz CT molecular complexity index is 512. The molecule has 0 saturated carbocycles. The Morgan fingerprint density at radius 2 is 2.28 bits per heavy atom. The van der Waals surface area contributed by atoms with Crippen LogP contribution in [0.3, 0.4) is 0 Å². The number of nitrogens with zero attached hydrogens (tertiary/aromatic N) is 2. The molecule has 3 nitrogen and oxygen atoms in total. The second-order valence-corrected chi connectivity index (χ2v) is 5.81. The molecular formula is C13H16BrN3S. The molecule has 0 aliphatic heterocycles. The van der Waals surface area contributed by atoms with Crippen molar-refractivity contribution in [3.8, 4) is 0 Å². The molecule has 1 unspecified atom stereocenters. The van der Waals surface area contributed by atoms with Crippen molar-refractivity contribution in [2.24, 2.45) is 0 Å². The van der Waals surface area contributed by atoms with Crippen LogP contribution in [0.1, 0.15) is 29.1 Å². The normalized spacial score (nSPS) is 12.6. The van der Waals surface area contributed by atoms with E-state index in [2.05, 4.69) is 56.0 Å². The summed E-state index contributed by atoms with van der Waals surface area (Å²) in [7, 11) is 1.99. The first-order valence-electron chi connectivity index (χ1n) is 5.97. The Morgan fingerprint density at radius 1 is 1.44 bits per heavy atom. The summed E-state index contributed by atoms with van der Waals surface area (Å²) in [6.07, 6.45) is 1.88. The average molecular weight is 326 g/mol. The SMILES string of the molecule is CCc1nnsc1C(Cc1cccc(Br)c1)NC. The van der Waals surface area contributed by atoms with Crippen LogP contribution in [0.15, 0.2) is 28.7 Å². The molecule has 0 amide bonds. The number of rotatable bonds is 5. The van der Waals surface area contributed by atoms with Gasteiger partial charge in [0, 0.05) is 10.5 Å². The second-order valence-electron chi connectivity index (χ2n) is 4.11. The first-order chi connectivity index (χ1) is 8.74. The van der Waals surface area contributed by atoms with Crippen molar-refractivity contribution in [1.82, 2.24) is 14.9 Å². The van der Waals surface area contributed by atoms with Crippen molar-refractivity contribution in [3.63, 3.8) is 0 Å². The van der Waals surface area contributed by atoms with E-state index in [9.17, 15) is 0 Å². The molecule has 0 fully saturated rings. The highest BCUT2D eigenvalue weighted by molar-refractivity contribution is 9.10. The fourth-order valence-corrected chi connectivity index (χ4v) is 3.24. The number of aromatic nitrogens is 2. The van der Waals surface area contributed by atoms with Gasteiger partial charge in [-0.1, -0.05) is 39.5 Å². The summed E-state index contributed by atoms with van der Waals surface area (Å²) in [5.74, 6) is 0. The summed E-state index contributed by atoms with van der Waals surface area (Å²) in [6, 6.07) is 8.70. The van der Waals surface area contributed by atoms with E-state index in [0.717, 1.165) is 23.0 Å². The predicted octanol–water partition coefficient (Wildman–Crippen LogP) is 3.37. The Balaban J connectivity index is 2.20. The van der Waals surface area contributed by atoms with Crippen LogP contribution in [0.4, 0.5) is 0 Å². The minimum Gasteiger partial charge on any atom is -0.312 e. The van der Waals surface area contributed by atoms with Crippen LogP contribution >= 0.6 is 27.5 Å². The van der Waals surface area contributed by atoms with Crippen molar-refractivity contribution in [2.45, 2.75) is 25.8 Å². The number of hydrogen-bond donors (Lipinski definition) is 1. The van der Waals surface area contributed by atoms with E-state index in [1.807, 2.05) is 13.1 Å². The van der Waals surface area contributed by atoms with Crippen molar-refractivity contribution < 1.29 is 0 Å². The van der Waals surface area contributed by atoms with E-state index in [1.54, 1.807) is 0 Å². The largest absolute Gasteiger partial charge is 0.312 e. The van der Waals surface area contributed by atoms with Crippen molar-refractivity contribution in [1.29, 1.82) is 0 Å². The molecule has 0 aliphatic rings. The van der Waals surface area contributed by atoms with Gasteiger partial charge in [0.05, 0.1) is 10.6 Å². The van der Waals surface area contributed by atoms with Crippen molar-refractivity contribution >= 4 is 27.5 Å². The van der Waals surface area contributed by atoms with E-state index in [0.29, 0.717) is 0 Å². The lowest BCUT2D eigenvalue weighted by Crippen LogP contribution is -2.19. The Labute approximate surface area is 120 Å². The monoisotopic (exact) mass is 325 g/mol. The summed E-state index contributed by atoms with van der Waals surface area (Å²) in [6.45, 7) is 2.12.